The van der Waals surface area contributed by atoms with Gasteiger partial charge in [0.05, 0.1) is 0 Å². The van der Waals surface area contributed by atoms with E-state index in [2.05, 4.69) is 10.3 Å². The molecule has 0 aromatic heterocycles. The highest BCUT2D eigenvalue weighted by molar-refractivity contribution is 8.17. The van der Waals surface area contributed by atoms with Gasteiger partial charge in [-0.15, -0.1) is 0 Å². The number of carbonyl (C=O) groups excluding carboxylic acids is 2. The first-order valence-corrected chi connectivity index (χ1v) is 6.14. The lowest BCUT2D eigenvalue weighted by atomic mass is 10.1. The molecular weight excluding hydrogens is 250 g/mol. The predicted molar refractivity (Wildman–Crippen MR) is 69.5 cm³/mol. The fraction of sp³-hybridized carbons (Fsp3) is 0.0833. The topological polar surface area (TPSA) is 84.5 Å². The van der Waals surface area contributed by atoms with E-state index < -0.39 is 11.8 Å². The quantitative estimate of drug-likeness (QED) is 0.675. The fourth-order valence-corrected chi connectivity index (χ4v) is 2.97. The van der Waals surface area contributed by atoms with Crippen molar-refractivity contribution in [3.05, 3.63) is 40.3 Å². The molecule has 1 aromatic rings. The van der Waals surface area contributed by atoms with Crippen LogP contribution < -0.4 is 11.1 Å². The average molecular weight is 259 g/mol. The highest BCUT2D eigenvalue weighted by Gasteiger charge is 2.32. The van der Waals surface area contributed by atoms with E-state index in [1.165, 1.54) is 11.8 Å². The van der Waals surface area contributed by atoms with Gasteiger partial charge in [-0.25, -0.2) is 4.99 Å². The second-order valence-electron chi connectivity index (χ2n) is 3.93. The number of fused-ring (bicyclic) bond motifs is 3. The summed E-state index contributed by atoms with van der Waals surface area (Å²) in [6.07, 6.45) is 2.04. The number of primary amides is 1. The van der Waals surface area contributed by atoms with Crippen LogP contribution in [0.1, 0.15) is 17.2 Å². The van der Waals surface area contributed by atoms with Gasteiger partial charge < -0.3 is 5.73 Å². The van der Waals surface area contributed by atoms with E-state index >= 15 is 0 Å². The monoisotopic (exact) mass is 259 g/mol. The van der Waals surface area contributed by atoms with Gasteiger partial charge in [-0.2, -0.15) is 0 Å². The van der Waals surface area contributed by atoms with Gasteiger partial charge in [0.15, 0.2) is 5.17 Å². The van der Waals surface area contributed by atoms with Gasteiger partial charge in [0, 0.05) is 4.91 Å². The number of nitrogens with zero attached hydrogens (tertiary/aromatic N) is 1. The van der Waals surface area contributed by atoms with Crippen LogP contribution in [0.4, 0.5) is 0 Å². The first-order chi connectivity index (χ1) is 8.65. The molecule has 0 fully saturated rings. The van der Waals surface area contributed by atoms with Crippen LogP contribution in [0, 0.1) is 0 Å². The fourth-order valence-electron chi connectivity index (χ4n) is 1.97. The van der Waals surface area contributed by atoms with E-state index in [1.54, 1.807) is 0 Å². The van der Waals surface area contributed by atoms with Crippen molar-refractivity contribution >= 4 is 34.8 Å². The zero-order valence-electron chi connectivity index (χ0n) is 9.21. The van der Waals surface area contributed by atoms with Gasteiger partial charge in [0.2, 0.25) is 0 Å². The first-order valence-electron chi connectivity index (χ1n) is 5.32. The lowest BCUT2D eigenvalue weighted by molar-refractivity contribution is -0.136. The van der Waals surface area contributed by atoms with E-state index in [0.717, 1.165) is 16.0 Å². The van der Waals surface area contributed by atoms with Crippen LogP contribution in [0.25, 0.3) is 6.08 Å². The summed E-state index contributed by atoms with van der Waals surface area (Å²) in [6, 6.07) is 7.90. The van der Waals surface area contributed by atoms with Crippen molar-refractivity contribution in [2.45, 2.75) is 6.04 Å². The molecule has 5 nitrogen and oxygen atoms in total. The Kier molecular flexibility index (Phi) is 2.45. The number of benzene rings is 1. The molecule has 0 bridgehead atoms. The van der Waals surface area contributed by atoms with Crippen LogP contribution in [0.3, 0.4) is 0 Å². The van der Waals surface area contributed by atoms with Gasteiger partial charge in [0.1, 0.15) is 6.04 Å². The van der Waals surface area contributed by atoms with Gasteiger partial charge >= 0.3 is 11.8 Å². The summed E-state index contributed by atoms with van der Waals surface area (Å²) >= 11 is 1.35. The average Bonchev–Trinajstić information content (AvgIpc) is 2.85. The number of nitrogens with one attached hydrogen (secondary N) is 1. The maximum atomic E-state index is 11.2. The van der Waals surface area contributed by atoms with Crippen LogP contribution in [-0.2, 0) is 9.59 Å². The normalized spacial score (nSPS) is 19.7. The standard InChI is InChI=1S/C12H9N3O2S/c13-10(16)11(17)15-12-14-9-7-4-2-1-3-6(7)5-8(9)18-12/h1-5,9H,(H2,13,16)(H,14,15,17). The summed E-state index contributed by atoms with van der Waals surface area (Å²) in [6.45, 7) is 0. The van der Waals surface area contributed by atoms with Crippen LogP contribution in [0.5, 0.6) is 0 Å². The number of amidine groups is 1. The van der Waals surface area contributed by atoms with Gasteiger partial charge in [0.25, 0.3) is 0 Å². The van der Waals surface area contributed by atoms with Gasteiger partial charge in [-0.05, 0) is 17.2 Å². The van der Waals surface area contributed by atoms with Crippen molar-refractivity contribution in [3.8, 4) is 0 Å². The SMILES string of the molecule is NC(=O)C(=O)NC1=NC2C(=Cc3ccccc32)S1. The molecular formula is C12H9N3O2S. The second-order valence-corrected chi connectivity index (χ2v) is 5.00. The molecule has 3 rings (SSSR count). The number of aliphatic imine (C=N–C) groups is 1. The third-order valence-electron chi connectivity index (χ3n) is 2.76. The van der Waals surface area contributed by atoms with E-state index in [4.69, 9.17) is 5.73 Å². The van der Waals surface area contributed by atoms with Gasteiger partial charge in [-0.3, -0.25) is 14.9 Å². The number of carbonyl (C=O) groups is 2. The molecule has 2 aliphatic rings. The summed E-state index contributed by atoms with van der Waals surface area (Å²) in [5.74, 6) is -1.85. The molecule has 1 aliphatic heterocycles. The highest BCUT2D eigenvalue weighted by Crippen LogP contribution is 2.47. The largest absolute Gasteiger partial charge is 0.361 e. The maximum Gasteiger partial charge on any atom is 0.315 e. The Morgan fingerprint density at radius 3 is 2.89 bits per heavy atom. The number of nitrogens with two attached hydrogens (primary N) is 1. The third-order valence-corrected chi connectivity index (χ3v) is 3.74. The molecule has 1 unspecified atom stereocenters. The molecule has 1 aromatic carbocycles. The third kappa shape index (κ3) is 1.70. The molecule has 0 spiro atoms. The zero-order chi connectivity index (χ0) is 12.7. The smallest absolute Gasteiger partial charge is 0.315 e. The molecule has 1 atom stereocenters. The molecule has 0 radical (unpaired) electrons. The Balaban J connectivity index is 1.84. The van der Waals surface area contributed by atoms with Crippen molar-refractivity contribution in [3.63, 3.8) is 0 Å². The summed E-state index contributed by atoms with van der Waals surface area (Å²) in [4.78, 5) is 27.3. The zero-order valence-corrected chi connectivity index (χ0v) is 10.0. The molecule has 1 heterocycles. The Labute approximate surface area is 107 Å². The summed E-state index contributed by atoms with van der Waals surface area (Å²) < 4.78 is 0. The molecule has 0 saturated heterocycles. The Hall–Kier alpha value is -2.08. The van der Waals surface area contributed by atoms with Crippen molar-refractivity contribution in [1.82, 2.24) is 5.32 Å². The first kappa shape index (κ1) is 11.0. The molecule has 0 saturated carbocycles. The molecule has 2 amide bonds. The minimum absolute atomic E-state index is 0.0608. The Morgan fingerprint density at radius 2 is 2.11 bits per heavy atom. The van der Waals surface area contributed by atoms with E-state index in [-0.39, 0.29) is 6.04 Å². The van der Waals surface area contributed by atoms with E-state index in [0.29, 0.717) is 5.17 Å². The second kappa shape index (κ2) is 3.99. The maximum absolute atomic E-state index is 11.2. The predicted octanol–water partition coefficient (Wildman–Crippen LogP) is 0.787. The summed E-state index contributed by atoms with van der Waals surface area (Å²) in [7, 11) is 0. The lowest BCUT2D eigenvalue weighted by Gasteiger charge is -2.03. The minimum Gasteiger partial charge on any atom is -0.361 e. The van der Waals surface area contributed by atoms with Crippen molar-refractivity contribution in [2.24, 2.45) is 10.7 Å². The Morgan fingerprint density at radius 1 is 1.33 bits per heavy atom. The number of rotatable bonds is 0. The number of hydrogen-bond acceptors (Lipinski definition) is 4. The van der Waals surface area contributed by atoms with Crippen LogP contribution in [0.2, 0.25) is 0 Å². The Bertz CT molecular complexity index is 622. The van der Waals surface area contributed by atoms with Crippen molar-refractivity contribution in [2.75, 3.05) is 0 Å². The summed E-state index contributed by atoms with van der Waals surface area (Å²) in [5, 5.41) is 2.82. The molecule has 6 heteroatoms. The number of amides is 2. The van der Waals surface area contributed by atoms with Gasteiger partial charge in [-0.1, -0.05) is 36.0 Å². The lowest BCUT2D eigenvalue weighted by Crippen LogP contribution is -2.38. The van der Waals surface area contributed by atoms with Crippen molar-refractivity contribution < 1.29 is 9.59 Å². The number of hydrogen-bond donors (Lipinski definition) is 2. The molecule has 1 aliphatic carbocycles. The van der Waals surface area contributed by atoms with Crippen LogP contribution in [0.15, 0.2) is 34.2 Å². The van der Waals surface area contributed by atoms with Crippen LogP contribution in [-0.4, -0.2) is 17.0 Å². The minimum atomic E-state index is -1.01. The van der Waals surface area contributed by atoms with Crippen molar-refractivity contribution in [1.29, 1.82) is 0 Å². The molecule has 18 heavy (non-hydrogen) atoms. The highest BCUT2D eigenvalue weighted by atomic mass is 32.2. The molecule has 3 N–H and O–H groups in total. The van der Waals surface area contributed by atoms with E-state index in [1.807, 2.05) is 30.3 Å². The van der Waals surface area contributed by atoms with E-state index in [9.17, 15) is 9.59 Å². The number of thioether (sulfide) groups is 1. The summed E-state index contributed by atoms with van der Waals surface area (Å²) in [5.41, 5.74) is 7.14. The molecule has 90 valence electrons. The van der Waals surface area contributed by atoms with Crippen LogP contribution >= 0.6 is 11.8 Å².